The molecular weight excluding hydrogens is 290 g/mol. The fourth-order valence-corrected chi connectivity index (χ4v) is 3.29. The molecule has 1 atom stereocenters. The van der Waals surface area contributed by atoms with Crippen molar-refractivity contribution in [3.63, 3.8) is 0 Å². The maximum atomic E-state index is 12.8. The van der Waals surface area contributed by atoms with Crippen molar-refractivity contribution in [1.29, 1.82) is 0 Å². The van der Waals surface area contributed by atoms with E-state index in [0.29, 0.717) is 19.7 Å². The number of carbonyl (C=O) groups excluding carboxylic acids is 1. The zero-order valence-electron chi connectivity index (χ0n) is 14.3. The first-order chi connectivity index (χ1) is 10.8. The lowest BCUT2D eigenvalue weighted by molar-refractivity contribution is -0.136. The van der Waals surface area contributed by atoms with Crippen LogP contribution in [0.2, 0.25) is 0 Å². The molecule has 2 aliphatic heterocycles. The number of carbonyl (C=O) groups is 1. The van der Waals surface area contributed by atoms with Gasteiger partial charge < -0.3 is 4.74 Å². The number of rotatable bonds is 3. The van der Waals surface area contributed by atoms with Crippen molar-refractivity contribution in [2.24, 2.45) is 4.99 Å². The predicted octanol–water partition coefficient (Wildman–Crippen LogP) is 2.45. The number of amides is 1. The van der Waals surface area contributed by atoms with Crippen LogP contribution in [-0.4, -0.2) is 53.0 Å². The average Bonchev–Trinajstić information content (AvgIpc) is 3.00. The Hall–Kier alpha value is -1.72. The third-order valence-corrected chi connectivity index (χ3v) is 4.75. The molecule has 0 N–H and O–H groups in total. The Bertz CT molecular complexity index is 610. The zero-order chi connectivity index (χ0) is 16.7. The van der Waals surface area contributed by atoms with Crippen LogP contribution >= 0.6 is 0 Å². The summed E-state index contributed by atoms with van der Waals surface area (Å²) in [6.07, 6.45) is 1.67. The summed E-state index contributed by atoms with van der Waals surface area (Å²) in [6, 6.07) is 10.3. The van der Waals surface area contributed by atoms with Crippen LogP contribution in [-0.2, 0) is 9.53 Å². The monoisotopic (exact) mass is 315 g/mol. The van der Waals surface area contributed by atoms with Gasteiger partial charge in [0.05, 0.1) is 37.6 Å². The largest absolute Gasteiger partial charge is 0.359 e. The van der Waals surface area contributed by atoms with E-state index in [2.05, 4.69) is 22.0 Å². The van der Waals surface area contributed by atoms with E-state index in [1.54, 1.807) is 11.2 Å². The fraction of sp³-hybridized carbons (Fsp3) is 0.556. The molecule has 2 heterocycles. The molecule has 0 unspecified atom stereocenters. The maximum absolute atomic E-state index is 12.8. The average molecular weight is 315 g/mol. The van der Waals surface area contributed by atoms with Crippen LogP contribution in [0, 0.1) is 0 Å². The summed E-state index contributed by atoms with van der Waals surface area (Å²) in [4.78, 5) is 21.0. The molecular formula is C18H25N3O2. The van der Waals surface area contributed by atoms with E-state index < -0.39 is 5.72 Å². The highest BCUT2D eigenvalue weighted by molar-refractivity contribution is 5.91. The van der Waals surface area contributed by atoms with Crippen LogP contribution < -0.4 is 0 Å². The second kappa shape index (κ2) is 5.73. The van der Waals surface area contributed by atoms with Crippen LogP contribution in [0.1, 0.15) is 39.3 Å². The van der Waals surface area contributed by atoms with Gasteiger partial charge in [-0.2, -0.15) is 0 Å². The zero-order valence-corrected chi connectivity index (χ0v) is 14.3. The number of nitrogens with zero attached hydrogens (tertiary/aromatic N) is 3. The third kappa shape index (κ3) is 3.03. The molecule has 0 radical (unpaired) electrons. The van der Waals surface area contributed by atoms with Gasteiger partial charge in [-0.25, -0.2) is 0 Å². The normalized spacial score (nSPS) is 25.9. The highest BCUT2D eigenvalue weighted by Crippen LogP contribution is 2.36. The second-order valence-corrected chi connectivity index (χ2v) is 7.34. The molecule has 5 nitrogen and oxygen atoms in total. The lowest BCUT2D eigenvalue weighted by atomic mass is 10.0. The smallest absolute Gasteiger partial charge is 0.242 e. The van der Waals surface area contributed by atoms with E-state index in [-0.39, 0.29) is 17.5 Å². The fourth-order valence-electron chi connectivity index (χ4n) is 3.29. The topological polar surface area (TPSA) is 45.1 Å². The van der Waals surface area contributed by atoms with Crippen molar-refractivity contribution in [3.8, 4) is 0 Å². The van der Waals surface area contributed by atoms with Crippen molar-refractivity contribution in [2.75, 3.05) is 19.7 Å². The van der Waals surface area contributed by atoms with Crippen LogP contribution in [0.25, 0.3) is 0 Å². The molecule has 1 aromatic rings. The van der Waals surface area contributed by atoms with E-state index in [0.717, 1.165) is 0 Å². The molecule has 1 fully saturated rings. The third-order valence-electron chi connectivity index (χ3n) is 4.75. The molecule has 1 aromatic carbocycles. The summed E-state index contributed by atoms with van der Waals surface area (Å²) in [6.45, 7) is 9.69. The van der Waals surface area contributed by atoms with Gasteiger partial charge in [-0.3, -0.25) is 19.6 Å². The summed E-state index contributed by atoms with van der Waals surface area (Å²) in [7, 11) is 0. The van der Waals surface area contributed by atoms with Gasteiger partial charge in [0.1, 0.15) is 5.72 Å². The molecule has 124 valence electrons. The van der Waals surface area contributed by atoms with Crippen molar-refractivity contribution in [1.82, 2.24) is 9.80 Å². The lowest BCUT2D eigenvalue weighted by Crippen LogP contribution is -2.52. The summed E-state index contributed by atoms with van der Waals surface area (Å²) < 4.78 is 5.96. The quantitative estimate of drug-likeness (QED) is 0.860. The van der Waals surface area contributed by atoms with E-state index in [1.165, 1.54) is 5.56 Å². The highest BCUT2D eigenvalue weighted by atomic mass is 16.5. The summed E-state index contributed by atoms with van der Waals surface area (Å²) >= 11 is 0. The Morgan fingerprint density at radius 3 is 2.57 bits per heavy atom. The van der Waals surface area contributed by atoms with Crippen molar-refractivity contribution in [2.45, 2.75) is 45.0 Å². The number of hydrogen-bond donors (Lipinski definition) is 0. The number of ether oxygens (including phenoxy) is 1. The Morgan fingerprint density at radius 1 is 1.26 bits per heavy atom. The van der Waals surface area contributed by atoms with Crippen LogP contribution in [0.15, 0.2) is 35.3 Å². The lowest BCUT2D eigenvalue weighted by Gasteiger charge is -2.36. The minimum Gasteiger partial charge on any atom is -0.359 e. The SMILES string of the molecule is CC1(C)CN=CN1C(=O)CN1[C@@H](c2ccccc2)COC1(C)C. The summed E-state index contributed by atoms with van der Waals surface area (Å²) in [5.74, 6) is 0.0655. The van der Waals surface area contributed by atoms with Gasteiger partial charge in [-0.05, 0) is 33.3 Å². The number of aliphatic imine (C=N–C) groups is 1. The van der Waals surface area contributed by atoms with Crippen LogP contribution in [0.5, 0.6) is 0 Å². The minimum absolute atomic E-state index is 0.0655. The Kier molecular flexibility index (Phi) is 4.02. The molecule has 5 heteroatoms. The van der Waals surface area contributed by atoms with Crippen molar-refractivity contribution >= 4 is 12.2 Å². The van der Waals surface area contributed by atoms with Crippen LogP contribution in [0.3, 0.4) is 0 Å². The molecule has 1 amide bonds. The Morgan fingerprint density at radius 2 is 1.96 bits per heavy atom. The van der Waals surface area contributed by atoms with Gasteiger partial charge in [0, 0.05) is 0 Å². The molecule has 23 heavy (non-hydrogen) atoms. The molecule has 0 saturated carbocycles. The maximum Gasteiger partial charge on any atom is 0.242 e. The van der Waals surface area contributed by atoms with E-state index in [4.69, 9.17) is 4.74 Å². The number of hydrogen-bond acceptors (Lipinski definition) is 4. The standard InChI is InChI=1S/C18H25N3O2/c1-17(2)12-19-13-21(17)16(22)10-20-15(11-23-18(20,3)4)14-8-6-5-7-9-14/h5-9,13,15H,10-12H2,1-4H3/t15-/m1/s1. The van der Waals surface area contributed by atoms with Crippen molar-refractivity contribution in [3.05, 3.63) is 35.9 Å². The minimum atomic E-state index is -0.461. The van der Waals surface area contributed by atoms with Gasteiger partial charge in [-0.1, -0.05) is 30.3 Å². The first-order valence-corrected chi connectivity index (χ1v) is 8.09. The van der Waals surface area contributed by atoms with Gasteiger partial charge in [0.25, 0.3) is 0 Å². The first kappa shape index (κ1) is 16.1. The first-order valence-electron chi connectivity index (χ1n) is 8.09. The Balaban J connectivity index is 1.81. The molecule has 3 rings (SSSR count). The van der Waals surface area contributed by atoms with Gasteiger partial charge in [0.2, 0.25) is 5.91 Å². The molecule has 0 aromatic heterocycles. The van der Waals surface area contributed by atoms with Gasteiger partial charge >= 0.3 is 0 Å². The molecule has 0 spiro atoms. The number of benzene rings is 1. The van der Waals surface area contributed by atoms with Crippen molar-refractivity contribution < 1.29 is 9.53 Å². The molecule has 0 bridgehead atoms. The Labute approximate surface area is 137 Å². The summed E-state index contributed by atoms with van der Waals surface area (Å²) in [5, 5.41) is 0. The van der Waals surface area contributed by atoms with Gasteiger partial charge in [0.15, 0.2) is 0 Å². The molecule has 0 aliphatic carbocycles. The second-order valence-electron chi connectivity index (χ2n) is 7.34. The predicted molar refractivity (Wildman–Crippen MR) is 90.2 cm³/mol. The van der Waals surface area contributed by atoms with E-state index in [1.807, 2.05) is 45.9 Å². The molecule has 1 saturated heterocycles. The van der Waals surface area contributed by atoms with Crippen LogP contribution in [0.4, 0.5) is 0 Å². The van der Waals surface area contributed by atoms with E-state index >= 15 is 0 Å². The highest BCUT2D eigenvalue weighted by Gasteiger charge is 2.44. The molecule has 2 aliphatic rings. The van der Waals surface area contributed by atoms with E-state index in [9.17, 15) is 4.79 Å². The summed E-state index contributed by atoms with van der Waals surface area (Å²) in [5.41, 5.74) is 0.474. The van der Waals surface area contributed by atoms with Gasteiger partial charge in [-0.15, -0.1) is 0 Å².